The smallest absolute Gasteiger partial charge is 0.0776 e. The molecule has 0 aliphatic carbocycles. The SMILES string of the molecule is Cc1cc([Si](C)(C)C)ccc1C=NCc1ccccc1. The molecular weight excluding hydrogens is 258 g/mol. The molecule has 0 fully saturated rings. The Hall–Kier alpha value is -1.67. The van der Waals surface area contributed by atoms with Gasteiger partial charge in [-0.3, -0.25) is 4.99 Å². The van der Waals surface area contributed by atoms with Crippen molar-refractivity contribution in [2.75, 3.05) is 0 Å². The summed E-state index contributed by atoms with van der Waals surface area (Å²) < 4.78 is 0. The molecule has 0 aromatic heterocycles. The molecule has 2 heteroatoms. The van der Waals surface area contributed by atoms with Crippen molar-refractivity contribution in [1.29, 1.82) is 0 Å². The molecule has 0 atom stereocenters. The normalized spacial score (nSPS) is 12.0. The molecule has 0 bridgehead atoms. The molecular formula is C18H23NSi. The highest BCUT2D eigenvalue weighted by atomic mass is 28.3. The van der Waals surface area contributed by atoms with Crippen LogP contribution in [0.25, 0.3) is 0 Å². The van der Waals surface area contributed by atoms with Crippen LogP contribution in [0, 0.1) is 6.92 Å². The van der Waals surface area contributed by atoms with Crippen molar-refractivity contribution in [2.24, 2.45) is 4.99 Å². The van der Waals surface area contributed by atoms with Crippen molar-refractivity contribution in [3.05, 3.63) is 65.2 Å². The second-order valence-corrected chi connectivity index (χ2v) is 11.4. The van der Waals surface area contributed by atoms with Crippen LogP contribution < -0.4 is 5.19 Å². The third-order valence-corrected chi connectivity index (χ3v) is 5.53. The molecule has 0 aliphatic heterocycles. The van der Waals surface area contributed by atoms with Crippen molar-refractivity contribution in [1.82, 2.24) is 0 Å². The second-order valence-electron chi connectivity index (χ2n) is 6.28. The number of benzene rings is 2. The molecule has 2 rings (SSSR count). The Bertz CT molecular complexity index is 595. The lowest BCUT2D eigenvalue weighted by molar-refractivity contribution is 1.08. The fourth-order valence-corrected chi connectivity index (χ4v) is 3.35. The van der Waals surface area contributed by atoms with E-state index in [-0.39, 0.29) is 0 Å². The van der Waals surface area contributed by atoms with Gasteiger partial charge in [0.2, 0.25) is 0 Å². The van der Waals surface area contributed by atoms with E-state index in [4.69, 9.17) is 0 Å². The van der Waals surface area contributed by atoms with Crippen LogP contribution in [0.4, 0.5) is 0 Å². The molecule has 0 aliphatic rings. The number of rotatable bonds is 4. The zero-order chi connectivity index (χ0) is 14.6. The van der Waals surface area contributed by atoms with E-state index in [2.05, 4.69) is 74.0 Å². The van der Waals surface area contributed by atoms with Crippen molar-refractivity contribution in [3.63, 3.8) is 0 Å². The summed E-state index contributed by atoms with van der Waals surface area (Å²) in [6.07, 6.45) is 2.00. The Morgan fingerprint density at radius 3 is 2.30 bits per heavy atom. The molecule has 0 saturated heterocycles. The summed E-state index contributed by atoms with van der Waals surface area (Å²) in [7, 11) is -1.22. The minimum absolute atomic E-state index is 0.746. The average Bonchev–Trinajstić information content (AvgIpc) is 2.40. The van der Waals surface area contributed by atoms with Gasteiger partial charge in [-0.25, -0.2) is 0 Å². The van der Waals surface area contributed by atoms with Gasteiger partial charge in [0.25, 0.3) is 0 Å². The zero-order valence-electron chi connectivity index (χ0n) is 12.9. The fraction of sp³-hybridized carbons (Fsp3) is 0.278. The summed E-state index contributed by atoms with van der Waals surface area (Å²) in [6.45, 7) is 10.1. The molecule has 0 spiro atoms. The van der Waals surface area contributed by atoms with Gasteiger partial charge < -0.3 is 0 Å². The first-order valence-electron chi connectivity index (χ1n) is 7.12. The lowest BCUT2D eigenvalue weighted by atomic mass is 10.1. The Labute approximate surface area is 123 Å². The monoisotopic (exact) mass is 281 g/mol. The van der Waals surface area contributed by atoms with Crippen LogP contribution in [-0.4, -0.2) is 14.3 Å². The Balaban J connectivity index is 2.10. The quantitative estimate of drug-likeness (QED) is 0.589. The molecule has 0 saturated carbocycles. The van der Waals surface area contributed by atoms with Gasteiger partial charge in [-0.1, -0.05) is 73.4 Å². The summed E-state index contributed by atoms with van der Waals surface area (Å²) in [5.41, 5.74) is 3.80. The van der Waals surface area contributed by atoms with Gasteiger partial charge in [-0.05, 0) is 23.6 Å². The minimum Gasteiger partial charge on any atom is -0.288 e. The number of aryl methyl sites for hydroxylation is 1. The van der Waals surface area contributed by atoms with Crippen LogP contribution in [0.2, 0.25) is 19.6 Å². The highest BCUT2D eigenvalue weighted by Crippen LogP contribution is 2.09. The Morgan fingerprint density at radius 1 is 1.00 bits per heavy atom. The molecule has 0 N–H and O–H groups in total. The first-order chi connectivity index (χ1) is 9.47. The van der Waals surface area contributed by atoms with Gasteiger partial charge in [0.15, 0.2) is 0 Å². The maximum absolute atomic E-state index is 4.55. The highest BCUT2D eigenvalue weighted by Gasteiger charge is 2.16. The van der Waals surface area contributed by atoms with Crippen LogP contribution in [0.15, 0.2) is 53.5 Å². The van der Waals surface area contributed by atoms with E-state index in [1.54, 1.807) is 0 Å². The summed E-state index contributed by atoms with van der Waals surface area (Å²) in [5.74, 6) is 0. The first kappa shape index (κ1) is 14.7. The maximum Gasteiger partial charge on any atom is 0.0776 e. The van der Waals surface area contributed by atoms with Crippen LogP contribution in [0.3, 0.4) is 0 Å². The highest BCUT2D eigenvalue weighted by molar-refractivity contribution is 6.88. The van der Waals surface area contributed by atoms with E-state index in [9.17, 15) is 0 Å². The van der Waals surface area contributed by atoms with Gasteiger partial charge in [0.05, 0.1) is 14.6 Å². The summed E-state index contributed by atoms with van der Waals surface area (Å²) >= 11 is 0. The Kier molecular flexibility index (Phi) is 4.56. The molecule has 0 heterocycles. The maximum atomic E-state index is 4.55. The van der Waals surface area contributed by atoms with E-state index in [0.29, 0.717) is 0 Å². The van der Waals surface area contributed by atoms with Crippen LogP contribution in [0.1, 0.15) is 16.7 Å². The summed E-state index contributed by atoms with van der Waals surface area (Å²) in [6, 6.07) is 17.2. The van der Waals surface area contributed by atoms with E-state index >= 15 is 0 Å². The minimum atomic E-state index is -1.22. The molecule has 0 unspecified atom stereocenters. The van der Waals surface area contributed by atoms with Crippen molar-refractivity contribution >= 4 is 19.5 Å². The first-order valence-corrected chi connectivity index (χ1v) is 10.6. The van der Waals surface area contributed by atoms with Crippen molar-refractivity contribution in [3.8, 4) is 0 Å². The van der Waals surface area contributed by atoms with E-state index in [0.717, 1.165) is 6.54 Å². The van der Waals surface area contributed by atoms with Gasteiger partial charge in [-0.15, -0.1) is 0 Å². The summed E-state index contributed by atoms with van der Waals surface area (Å²) in [5, 5.41) is 1.51. The number of nitrogens with zero attached hydrogens (tertiary/aromatic N) is 1. The van der Waals surface area contributed by atoms with Crippen LogP contribution in [0.5, 0.6) is 0 Å². The lowest BCUT2D eigenvalue weighted by Crippen LogP contribution is -2.37. The third kappa shape index (κ3) is 3.91. The Morgan fingerprint density at radius 2 is 1.70 bits per heavy atom. The number of aliphatic imine (C=N–C) groups is 1. The van der Waals surface area contributed by atoms with Gasteiger partial charge in [-0.2, -0.15) is 0 Å². The molecule has 0 radical (unpaired) electrons. The summed E-state index contributed by atoms with van der Waals surface area (Å²) in [4.78, 5) is 4.55. The molecule has 0 amide bonds. The number of hydrogen-bond donors (Lipinski definition) is 0. The van der Waals surface area contributed by atoms with Crippen LogP contribution >= 0.6 is 0 Å². The average molecular weight is 281 g/mol. The largest absolute Gasteiger partial charge is 0.288 e. The second kappa shape index (κ2) is 6.19. The standard InChI is InChI=1S/C18H23NSi/c1-15-12-18(20(2,3)4)11-10-17(15)14-19-13-16-8-6-5-7-9-16/h5-12,14H,13H2,1-4H3. The molecule has 20 heavy (non-hydrogen) atoms. The van der Waals surface area contributed by atoms with Gasteiger partial charge in [0.1, 0.15) is 0 Å². The molecule has 104 valence electrons. The van der Waals surface area contributed by atoms with Gasteiger partial charge >= 0.3 is 0 Å². The van der Waals surface area contributed by atoms with Crippen LogP contribution in [-0.2, 0) is 6.54 Å². The van der Waals surface area contributed by atoms with E-state index < -0.39 is 8.07 Å². The van der Waals surface area contributed by atoms with Crippen molar-refractivity contribution < 1.29 is 0 Å². The molecule has 1 nitrogen and oxygen atoms in total. The van der Waals surface area contributed by atoms with Crippen molar-refractivity contribution in [2.45, 2.75) is 33.1 Å². The molecule has 2 aromatic rings. The van der Waals surface area contributed by atoms with E-state index in [1.807, 2.05) is 12.3 Å². The van der Waals surface area contributed by atoms with E-state index in [1.165, 1.54) is 21.9 Å². The topological polar surface area (TPSA) is 12.4 Å². The van der Waals surface area contributed by atoms with Gasteiger partial charge in [0, 0.05) is 6.21 Å². The predicted octanol–water partition coefficient (Wildman–Crippen LogP) is 4.16. The predicted molar refractivity (Wildman–Crippen MR) is 91.9 cm³/mol. The third-order valence-electron chi connectivity index (χ3n) is 3.48. The fourth-order valence-electron chi connectivity index (χ4n) is 2.12. The lowest BCUT2D eigenvalue weighted by Gasteiger charge is -2.17. The zero-order valence-corrected chi connectivity index (χ0v) is 13.9. The number of hydrogen-bond acceptors (Lipinski definition) is 1. The molecule has 2 aromatic carbocycles.